The molecular weight excluding hydrogens is 973 g/mol. The van der Waals surface area contributed by atoms with Crippen LogP contribution in [-0.2, 0) is 42.9 Å². The second-order valence-electron chi connectivity index (χ2n) is 19.9. The van der Waals surface area contributed by atoms with Crippen molar-refractivity contribution in [3.05, 3.63) is 109 Å². The summed E-state index contributed by atoms with van der Waals surface area (Å²) >= 11 is 0. The number of aliphatic carboxylic acids is 1. The zero-order valence-electron chi connectivity index (χ0n) is 47.9. The lowest BCUT2D eigenvalue weighted by atomic mass is 9.98. The Hall–Kier alpha value is -4.62. The fraction of sp³-hybridized carbons (Fsp3) is 0.662. The third kappa shape index (κ3) is 42.1. The maximum atomic E-state index is 13.2. The van der Waals surface area contributed by atoms with Gasteiger partial charge in [-0.25, -0.2) is 4.79 Å². The van der Waals surface area contributed by atoms with Crippen molar-refractivity contribution in [1.29, 1.82) is 0 Å². The number of hydrogen-bond donors (Lipinski definition) is 3. The Balaban J connectivity index is 2.73. The van der Waals surface area contributed by atoms with E-state index >= 15 is 0 Å². The second-order valence-corrected chi connectivity index (χ2v) is 19.9. The van der Waals surface area contributed by atoms with Gasteiger partial charge in [0.25, 0.3) is 0 Å². The van der Waals surface area contributed by atoms with Crippen LogP contribution in [0.2, 0.25) is 0 Å². The van der Waals surface area contributed by atoms with Crippen LogP contribution < -0.4 is 0 Å². The number of carbonyl (C=O) groups is 4. The number of aliphatic hydroxyl groups excluding tert-OH is 2. The maximum Gasteiger partial charge on any atom is 0.335 e. The number of unbranched alkanes of at least 4 members (excludes halogenated alkanes) is 17. The number of esters is 3. The molecule has 77 heavy (non-hydrogen) atoms. The fourth-order valence-electron chi connectivity index (χ4n) is 8.28. The van der Waals surface area contributed by atoms with Gasteiger partial charge in [0.1, 0.15) is 18.8 Å². The lowest BCUT2D eigenvalue weighted by Gasteiger charge is -2.40. The molecule has 12 nitrogen and oxygen atoms in total. The van der Waals surface area contributed by atoms with Gasteiger partial charge in [0, 0.05) is 19.3 Å². The second kappa shape index (κ2) is 52.1. The fourth-order valence-corrected chi connectivity index (χ4v) is 8.28. The van der Waals surface area contributed by atoms with Crippen LogP contribution in [0.4, 0.5) is 0 Å². The van der Waals surface area contributed by atoms with E-state index in [1.165, 1.54) is 51.4 Å². The lowest BCUT2D eigenvalue weighted by molar-refractivity contribution is -0.301. The highest BCUT2D eigenvalue weighted by Gasteiger charge is 2.50. The van der Waals surface area contributed by atoms with Crippen molar-refractivity contribution in [2.45, 2.75) is 263 Å². The summed E-state index contributed by atoms with van der Waals surface area (Å²) in [6.07, 6.45) is 58.0. The molecule has 0 bridgehead atoms. The SMILES string of the molecule is CC/C=C\C/C=C\C/C=C\C/C=C\C/C=C\C/C=C\CCC(=O)OCC(COC1OC(C(=O)O)C(O)C(O)C1OC(=O)CCCCCCCCCCC)OC(=O)CCCCCCCC/C=C\C/C=C\C/C=C\CCCCC. The molecule has 6 unspecified atom stereocenters. The zero-order chi connectivity index (χ0) is 56.1. The van der Waals surface area contributed by atoms with Crippen LogP contribution in [0.5, 0.6) is 0 Å². The third-order valence-corrected chi connectivity index (χ3v) is 12.8. The van der Waals surface area contributed by atoms with Gasteiger partial charge in [-0.1, -0.05) is 220 Å². The van der Waals surface area contributed by atoms with Crippen LogP contribution in [0, 0.1) is 0 Å². The molecule has 0 radical (unpaired) electrons. The smallest absolute Gasteiger partial charge is 0.335 e. The molecule has 1 heterocycles. The number of allylic oxidation sites excluding steroid dienone is 18. The van der Waals surface area contributed by atoms with Gasteiger partial charge in [-0.05, 0) is 96.3 Å². The molecule has 1 fully saturated rings. The van der Waals surface area contributed by atoms with Crippen molar-refractivity contribution in [2.24, 2.45) is 0 Å². The largest absolute Gasteiger partial charge is 0.479 e. The predicted octanol–water partition coefficient (Wildman–Crippen LogP) is 15.4. The zero-order valence-corrected chi connectivity index (χ0v) is 47.9. The van der Waals surface area contributed by atoms with Crippen molar-refractivity contribution in [2.75, 3.05) is 13.2 Å². The van der Waals surface area contributed by atoms with E-state index in [-0.39, 0.29) is 25.9 Å². The van der Waals surface area contributed by atoms with Crippen molar-refractivity contribution in [3.63, 3.8) is 0 Å². The Morgan fingerprint density at radius 3 is 1.32 bits per heavy atom. The molecule has 0 saturated carbocycles. The van der Waals surface area contributed by atoms with Crippen LogP contribution in [0.25, 0.3) is 0 Å². The van der Waals surface area contributed by atoms with E-state index in [1.54, 1.807) is 0 Å². The molecule has 3 N–H and O–H groups in total. The lowest BCUT2D eigenvalue weighted by Crippen LogP contribution is -2.61. The van der Waals surface area contributed by atoms with Gasteiger partial charge in [0.2, 0.25) is 0 Å². The molecule has 0 aromatic carbocycles. The molecule has 436 valence electrons. The van der Waals surface area contributed by atoms with E-state index in [1.807, 2.05) is 12.2 Å². The van der Waals surface area contributed by atoms with E-state index in [0.29, 0.717) is 19.3 Å². The molecular formula is C65H104O12. The minimum absolute atomic E-state index is 0.0479. The van der Waals surface area contributed by atoms with Crippen molar-refractivity contribution in [1.82, 2.24) is 0 Å². The summed E-state index contributed by atoms with van der Waals surface area (Å²) in [7, 11) is 0. The molecule has 0 aromatic rings. The first-order chi connectivity index (χ1) is 37.6. The van der Waals surface area contributed by atoms with Gasteiger partial charge in [0.15, 0.2) is 24.6 Å². The number of ether oxygens (including phenoxy) is 5. The molecule has 1 aliphatic heterocycles. The molecule has 0 amide bonds. The van der Waals surface area contributed by atoms with Gasteiger partial charge in [-0.2, -0.15) is 0 Å². The van der Waals surface area contributed by atoms with Crippen LogP contribution in [-0.4, -0.2) is 89.2 Å². The quantitative estimate of drug-likeness (QED) is 0.0228. The average Bonchev–Trinajstić information content (AvgIpc) is 3.42. The summed E-state index contributed by atoms with van der Waals surface area (Å²) in [5, 5.41) is 31.4. The van der Waals surface area contributed by atoms with Crippen molar-refractivity contribution < 1.29 is 58.2 Å². The monoisotopic (exact) mass is 1080 g/mol. The summed E-state index contributed by atoms with van der Waals surface area (Å²) in [6, 6.07) is 0. The Bertz CT molecular complexity index is 1750. The predicted molar refractivity (Wildman–Crippen MR) is 312 cm³/mol. The Morgan fingerprint density at radius 2 is 0.844 bits per heavy atom. The number of hydrogen-bond acceptors (Lipinski definition) is 11. The van der Waals surface area contributed by atoms with Gasteiger partial charge < -0.3 is 39.0 Å². The molecule has 0 aliphatic carbocycles. The first-order valence-corrected chi connectivity index (χ1v) is 29.9. The van der Waals surface area contributed by atoms with E-state index in [4.69, 9.17) is 23.7 Å². The van der Waals surface area contributed by atoms with Crippen LogP contribution in [0.3, 0.4) is 0 Å². The van der Waals surface area contributed by atoms with Crippen LogP contribution in [0.1, 0.15) is 226 Å². The molecule has 12 heteroatoms. The average molecular weight is 1080 g/mol. The summed E-state index contributed by atoms with van der Waals surface area (Å²) in [4.78, 5) is 51.0. The van der Waals surface area contributed by atoms with Gasteiger partial charge in [-0.15, -0.1) is 0 Å². The minimum Gasteiger partial charge on any atom is -0.479 e. The number of carboxylic acid groups (broad SMARTS) is 1. The highest BCUT2D eigenvalue weighted by molar-refractivity contribution is 5.74. The summed E-state index contributed by atoms with van der Waals surface area (Å²) < 4.78 is 28.3. The number of aliphatic hydroxyl groups is 2. The number of carbonyl (C=O) groups excluding carboxylic acids is 3. The highest BCUT2D eigenvalue weighted by Crippen LogP contribution is 2.26. The highest BCUT2D eigenvalue weighted by atomic mass is 16.7. The van der Waals surface area contributed by atoms with Crippen molar-refractivity contribution in [3.8, 4) is 0 Å². The van der Waals surface area contributed by atoms with Gasteiger partial charge in [-0.3, -0.25) is 14.4 Å². The van der Waals surface area contributed by atoms with Crippen molar-refractivity contribution >= 4 is 23.9 Å². The topological polar surface area (TPSA) is 175 Å². The Kier molecular flexibility index (Phi) is 47.6. The van der Waals surface area contributed by atoms with Gasteiger partial charge >= 0.3 is 23.9 Å². The number of carboxylic acids is 1. The van der Waals surface area contributed by atoms with E-state index in [2.05, 4.69) is 118 Å². The molecule has 6 atom stereocenters. The minimum atomic E-state index is -1.92. The van der Waals surface area contributed by atoms with E-state index < -0.39 is 67.3 Å². The first kappa shape index (κ1) is 70.4. The number of rotatable bonds is 49. The van der Waals surface area contributed by atoms with E-state index in [9.17, 15) is 34.5 Å². The Morgan fingerprint density at radius 1 is 0.442 bits per heavy atom. The van der Waals surface area contributed by atoms with E-state index in [0.717, 1.165) is 116 Å². The van der Waals surface area contributed by atoms with Crippen LogP contribution >= 0.6 is 0 Å². The molecule has 1 aliphatic rings. The molecule has 1 rings (SSSR count). The summed E-state index contributed by atoms with van der Waals surface area (Å²) in [6.45, 7) is 5.73. The summed E-state index contributed by atoms with van der Waals surface area (Å²) in [5.41, 5.74) is 0. The first-order valence-electron chi connectivity index (χ1n) is 29.9. The van der Waals surface area contributed by atoms with Crippen LogP contribution in [0.15, 0.2) is 109 Å². The molecule has 0 spiro atoms. The summed E-state index contributed by atoms with van der Waals surface area (Å²) in [5.74, 6) is -3.26. The third-order valence-electron chi connectivity index (χ3n) is 12.8. The van der Waals surface area contributed by atoms with Gasteiger partial charge in [0.05, 0.1) is 6.61 Å². The molecule has 1 saturated heterocycles. The Labute approximate surface area is 465 Å². The maximum absolute atomic E-state index is 13.2. The standard InChI is InChI=1S/C65H104O12/c1-4-7-10-13-16-19-21-23-25-27-29-31-33-35-37-40-42-45-48-51-57(66)73-54-56(75-58(67)52-49-46-44-41-38-36-34-32-30-28-26-24-22-20-17-14-11-8-5-2)55-74-65-63(61(70)60(69)62(77-65)64(71)72)76-59(68)53-50-47-43-39-18-15-12-9-6-3/h7,10,16-17,19-20,23-26,29-32,35,37,42,45,56,60-63,65,69-70H,4-6,8-9,11-15,18,21-22,27-28,33-34,36,38-41,43-44,46-55H2,1-3H3,(H,71,72)/b10-7-,19-16-,20-17-,25-23-,26-24-,31-29-,32-30-,37-35-,45-42-. The molecule has 0 aromatic heterocycles. The normalized spacial score (nSPS) is 18.8.